The SMILES string of the molecule is CNC(Cc1sccc1Br)c1ccc(C)cc1. The highest BCUT2D eigenvalue weighted by atomic mass is 79.9. The summed E-state index contributed by atoms with van der Waals surface area (Å²) in [5.74, 6) is 0. The summed E-state index contributed by atoms with van der Waals surface area (Å²) in [5, 5.41) is 5.52. The van der Waals surface area contributed by atoms with Crippen molar-refractivity contribution in [2.24, 2.45) is 0 Å². The van der Waals surface area contributed by atoms with Crippen molar-refractivity contribution < 1.29 is 0 Å². The summed E-state index contributed by atoms with van der Waals surface area (Å²) in [6, 6.07) is 11.2. The van der Waals surface area contributed by atoms with Crippen molar-refractivity contribution in [1.29, 1.82) is 0 Å². The van der Waals surface area contributed by atoms with Crippen LogP contribution in [0.1, 0.15) is 22.0 Å². The molecular formula is C14H16BrNS. The quantitative estimate of drug-likeness (QED) is 0.886. The maximum atomic E-state index is 3.59. The second-order valence-electron chi connectivity index (χ2n) is 4.15. The lowest BCUT2D eigenvalue weighted by Crippen LogP contribution is -2.18. The number of halogens is 1. The molecule has 17 heavy (non-hydrogen) atoms. The van der Waals surface area contributed by atoms with Gasteiger partial charge in [-0.05, 0) is 46.9 Å². The summed E-state index contributed by atoms with van der Waals surface area (Å²) in [6.07, 6.45) is 1.03. The molecule has 0 saturated heterocycles. The molecule has 0 radical (unpaired) electrons. The fourth-order valence-electron chi connectivity index (χ4n) is 1.84. The minimum atomic E-state index is 0.380. The average Bonchev–Trinajstić information content (AvgIpc) is 2.73. The van der Waals surface area contributed by atoms with Gasteiger partial charge in [0.05, 0.1) is 0 Å². The minimum absolute atomic E-state index is 0.380. The molecule has 2 rings (SSSR count). The lowest BCUT2D eigenvalue weighted by molar-refractivity contribution is 0.595. The van der Waals surface area contributed by atoms with Gasteiger partial charge in [0.15, 0.2) is 0 Å². The number of rotatable bonds is 4. The smallest absolute Gasteiger partial charge is 0.0366 e. The number of hydrogen-bond acceptors (Lipinski definition) is 2. The highest BCUT2D eigenvalue weighted by molar-refractivity contribution is 9.10. The Balaban J connectivity index is 2.17. The van der Waals surface area contributed by atoms with Gasteiger partial charge in [-0.1, -0.05) is 29.8 Å². The van der Waals surface area contributed by atoms with Gasteiger partial charge in [-0.25, -0.2) is 0 Å². The van der Waals surface area contributed by atoms with Crippen molar-refractivity contribution in [2.45, 2.75) is 19.4 Å². The molecule has 1 heterocycles. The molecule has 1 unspecified atom stereocenters. The first-order valence-electron chi connectivity index (χ1n) is 5.66. The van der Waals surface area contributed by atoms with Crippen LogP contribution >= 0.6 is 27.3 Å². The third-order valence-electron chi connectivity index (χ3n) is 2.91. The topological polar surface area (TPSA) is 12.0 Å². The Hall–Kier alpha value is -0.640. The molecule has 0 aliphatic carbocycles. The summed E-state index contributed by atoms with van der Waals surface area (Å²) in [7, 11) is 2.02. The maximum absolute atomic E-state index is 3.59. The number of aryl methyl sites for hydroxylation is 1. The largest absolute Gasteiger partial charge is 0.313 e. The summed E-state index contributed by atoms with van der Waals surface area (Å²) < 4.78 is 1.22. The zero-order chi connectivity index (χ0) is 12.3. The van der Waals surface area contributed by atoms with E-state index in [-0.39, 0.29) is 0 Å². The molecule has 1 N–H and O–H groups in total. The van der Waals surface area contributed by atoms with Gasteiger partial charge in [0, 0.05) is 21.8 Å². The molecule has 1 nitrogen and oxygen atoms in total. The van der Waals surface area contributed by atoms with Gasteiger partial charge in [-0.3, -0.25) is 0 Å². The van der Waals surface area contributed by atoms with E-state index in [1.54, 1.807) is 11.3 Å². The minimum Gasteiger partial charge on any atom is -0.313 e. The highest BCUT2D eigenvalue weighted by Gasteiger charge is 2.12. The third-order valence-corrected chi connectivity index (χ3v) is 4.86. The normalized spacial score (nSPS) is 12.6. The van der Waals surface area contributed by atoms with Crippen LogP contribution in [0.4, 0.5) is 0 Å². The second-order valence-corrected chi connectivity index (χ2v) is 6.00. The van der Waals surface area contributed by atoms with Gasteiger partial charge in [-0.2, -0.15) is 0 Å². The Labute approximate surface area is 115 Å². The molecule has 90 valence electrons. The molecular weight excluding hydrogens is 294 g/mol. The van der Waals surface area contributed by atoms with Crippen LogP contribution < -0.4 is 5.32 Å². The number of hydrogen-bond donors (Lipinski definition) is 1. The molecule has 0 bridgehead atoms. The zero-order valence-electron chi connectivity index (χ0n) is 10.0. The zero-order valence-corrected chi connectivity index (χ0v) is 12.4. The molecule has 1 aromatic heterocycles. The number of nitrogens with one attached hydrogen (secondary N) is 1. The van der Waals surface area contributed by atoms with Gasteiger partial charge < -0.3 is 5.32 Å². The first kappa shape index (κ1) is 12.8. The summed E-state index contributed by atoms with van der Waals surface area (Å²) in [6.45, 7) is 2.12. The summed E-state index contributed by atoms with van der Waals surface area (Å²) in [5.41, 5.74) is 2.65. The molecule has 3 heteroatoms. The molecule has 2 aromatic rings. The molecule has 0 spiro atoms. The second kappa shape index (κ2) is 5.80. The van der Waals surface area contributed by atoms with Crippen LogP contribution in [-0.4, -0.2) is 7.05 Å². The van der Waals surface area contributed by atoms with Gasteiger partial charge in [0.2, 0.25) is 0 Å². The van der Waals surface area contributed by atoms with E-state index >= 15 is 0 Å². The monoisotopic (exact) mass is 309 g/mol. The molecule has 1 atom stereocenters. The molecule has 0 aliphatic heterocycles. The fourth-order valence-corrected chi connectivity index (χ4v) is 3.40. The Kier molecular flexibility index (Phi) is 4.37. The summed E-state index contributed by atoms with van der Waals surface area (Å²) in [4.78, 5) is 1.39. The van der Waals surface area contributed by atoms with Crippen LogP contribution in [0.25, 0.3) is 0 Å². The van der Waals surface area contributed by atoms with E-state index in [1.165, 1.54) is 20.5 Å². The first-order valence-corrected chi connectivity index (χ1v) is 7.33. The van der Waals surface area contributed by atoms with Crippen molar-refractivity contribution >= 4 is 27.3 Å². The number of likely N-dealkylation sites (N-methyl/N-ethyl adjacent to an activating group) is 1. The number of thiophene rings is 1. The Bertz CT molecular complexity index is 475. The molecule has 0 saturated carbocycles. The van der Waals surface area contributed by atoms with E-state index < -0.39 is 0 Å². The van der Waals surface area contributed by atoms with Crippen LogP contribution in [-0.2, 0) is 6.42 Å². The third kappa shape index (κ3) is 3.18. The van der Waals surface area contributed by atoms with Crippen molar-refractivity contribution in [3.63, 3.8) is 0 Å². The van der Waals surface area contributed by atoms with Crippen LogP contribution in [0.5, 0.6) is 0 Å². The molecule has 0 fully saturated rings. The van der Waals surface area contributed by atoms with Crippen molar-refractivity contribution in [2.75, 3.05) is 7.05 Å². The Morgan fingerprint density at radius 3 is 2.47 bits per heavy atom. The van der Waals surface area contributed by atoms with E-state index in [9.17, 15) is 0 Å². The Morgan fingerprint density at radius 1 is 1.24 bits per heavy atom. The predicted octanol–water partition coefficient (Wildman–Crippen LogP) is 4.32. The lowest BCUT2D eigenvalue weighted by Gasteiger charge is -2.16. The average molecular weight is 310 g/mol. The highest BCUT2D eigenvalue weighted by Crippen LogP contribution is 2.28. The van der Waals surface area contributed by atoms with Crippen molar-refractivity contribution in [3.8, 4) is 0 Å². The maximum Gasteiger partial charge on any atom is 0.0366 e. The first-order chi connectivity index (χ1) is 8.20. The van der Waals surface area contributed by atoms with Crippen LogP contribution in [0, 0.1) is 6.92 Å². The van der Waals surface area contributed by atoms with Crippen LogP contribution in [0.15, 0.2) is 40.2 Å². The van der Waals surface area contributed by atoms with Crippen molar-refractivity contribution in [1.82, 2.24) is 5.32 Å². The number of benzene rings is 1. The van der Waals surface area contributed by atoms with E-state index in [4.69, 9.17) is 0 Å². The standard InChI is InChI=1S/C14H16BrNS/c1-10-3-5-11(6-4-10)13(16-2)9-14-12(15)7-8-17-14/h3-8,13,16H,9H2,1-2H3. The van der Waals surface area contributed by atoms with E-state index in [2.05, 4.69) is 63.9 Å². The van der Waals surface area contributed by atoms with E-state index in [0.29, 0.717) is 6.04 Å². The van der Waals surface area contributed by atoms with Crippen molar-refractivity contribution in [3.05, 3.63) is 56.2 Å². The molecule has 1 aromatic carbocycles. The Morgan fingerprint density at radius 2 is 1.94 bits per heavy atom. The lowest BCUT2D eigenvalue weighted by atomic mass is 10.0. The fraction of sp³-hybridized carbons (Fsp3) is 0.286. The van der Waals surface area contributed by atoms with E-state index in [0.717, 1.165) is 6.42 Å². The molecule has 0 aliphatic rings. The predicted molar refractivity (Wildman–Crippen MR) is 78.7 cm³/mol. The van der Waals surface area contributed by atoms with Gasteiger partial charge in [0.1, 0.15) is 0 Å². The van der Waals surface area contributed by atoms with Gasteiger partial charge in [-0.15, -0.1) is 11.3 Å². The van der Waals surface area contributed by atoms with E-state index in [1.807, 2.05) is 7.05 Å². The van der Waals surface area contributed by atoms with Gasteiger partial charge in [0.25, 0.3) is 0 Å². The van der Waals surface area contributed by atoms with Gasteiger partial charge >= 0.3 is 0 Å². The summed E-state index contributed by atoms with van der Waals surface area (Å²) >= 11 is 5.39. The van der Waals surface area contributed by atoms with Crippen LogP contribution in [0.2, 0.25) is 0 Å². The molecule has 0 amide bonds. The van der Waals surface area contributed by atoms with Crippen LogP contribution in [0.3, 0.4) is 0 Å².